The van der Waals surface area contributed by atoms with E-state index in [-0.39, 0.29) is 11.9 Å². The maximum atomic E-state index is 12.2. The van der Waals surface area contributed by atoms with Gasteiger partial charge in [-0.1, -0.05) is 0 Å². The number of hydrazine groups is 1. The summed E-state index contributed by atoms with van der Waals surface area (Å²) in [6.45, 7) is 6.12. The molecule has 0 saturated heterocycles. The number of anilines is 1. The zero-order chi connectivity index (χ0) is 14.7. The number of carbonyl (C=O) groups is 1. The van der Waals surface area contributed by atoms with Gasteiger partial charge in [-0.2, -0.15) is 0 Å². The van der Waals surface area contributed by atoms with E-state index in [1.165, 1.54) is 9.75 Å². The maximum Gasteiger partial charge on any atom is 0.251 e. The minimum absolute atomic E-state index is 0.0325. The molecule has 106 valence electrons. The Hall–Kier alpha value is -1.92. The second-order valence-corrected chi connectivity index (χ2v) is 6.10. The van der Waals surface area contributed by atoms with E-state index < -0.39 is 0 Å². The lowest BCUT2D eigenvalue weighted by molar-refractivity contribution is 0.0940. The van der Waals surface area contributed by atoms with E-state index in [1.807, 2.05) is 6.92 Å². The lowest BCUT2D eigenvalue weighted by Gasteiger charge is -2.14. The smallest absolute Gasteiger partial charge is 0.251 e. The fraction of sp³-hybridized carbons (Fsp3) is 0.286. The number of nitrogens with two attached hydrogens (primary N) is 1. The van der Waals surface area contributed by atoms with E-state index in [0.29, 0.717) is 11.4 Å². The van der Waals surface area contributed by atoms with Crippen LogP contribution in [0.3, 0.4) is 0 Å². The third-order valence-corrected chi connectivity index (χ3v) is 4.05. The molecule has 0 fully saturated rings. The van der Waals surface area contributed by atoms with Crippen LogP contribution in [0.4, 0.5) is 5.82 Å². The molecule has 0 radical (unpaired) electrons. The number of nitrogens with zero attached hydrogens (tertiary/aromatic N) is 1. The average Bonchev–Trinajstić information content (AvgIpc) is 2.77. The quantitative estimate of drug-likeness (QED) is 0.597. The predicted molar refractivity (Wildman–Crippen MR) is 81.7 cm³/mol. The highest BCUT2D eigenvalue weighted by atomic mass is 32.1. The van der Waals surface area contributed by atoms with Crippen LogP contribution in [0.1, 0.15) is 38.6 Å². The fourth-order valence-electron chi connectivity index (χ4n) is 2.09. The summed E-state index contributed by atoms with van der Waals surface area (Å²) < 4.78 is 0. The number of hydrogen-bond acceptors (Lipinski definition) is 5. The third-order valence-electron chi connectivity index (χ3n) is 3.06. The normalized spacial score (nSPS) is 12.0. The fourth-order valence-corrected chi connectivity index (χ4v) is 3.11. The summed E-state index contributed by atoms with van der Waals surface area (Å²) in [6, 6.07) is 5.36. The summed E-state index contributed by atoms with van der Waals surface area (Å²) in [6.07, 6.45) is 1.55. The van der Waals surface area contributed by atoms with Crippen LogP contribution in [0.15, 0.2) is 24.4 Å². The Labute approximate surface area is 122 Å². The number of nitrogens with one attached hydrogen (secondary N) is 2. The standard InChI is InChI=1S/C14H18N4OS/c1-8-6-12(10(3)20-8)9(2)17-14(19)11-4-5-16-13(7-11)18-15/h4-7,9H,15H2,1-3H3,(H,16,18)(H,17,19). The molecular formula is C14H18N4OS. The van der Waals surface area contributed by atoms with Crippen molar-refractivity contribution >= 4 is 23.1 Å². The van der Waals surface area contributed by atoms with Gasteiger partial charge in [-0.15, -0.1) is 11.3 Å². The third kappa shape index (κ3) is 3.15. The molecule has 5 nitrogen and oxygen atoms in total. The van der Waals surface area contributed by atoms with Gasteiger partial charge in [-0.25, -0.2) is 10.8 Å². The zero-order valence-corrected chi connectivity index (χ0v) is 12.5. The molecule has 0 aromatic carbocycles. The van der Waals surface area contributed by atoms with Crippen LogP contribution in [0.5, 0.6) is 0 Å². The molecule has 2 rings (SSSR count). The molecule has 2 heterocycles. The zero-order valence-electron chi connectivity index (χ0n) is 11.7. The SMILES string of the molecule is Cc1cc(C(C)NC(=O)c2ccnc(NN)c2)c(C)s1. The van der Waals surface area contributed by atoms with Crippen LogP contribution in [0, 0.1) is 13.8 Å². The van der Waals surface area contributed by atoms with E-state index in [9.17, 15) is 4.79 Å². The van der Waals surface area contributed by atoms with Crippen LogP contribution >= 0.6 is 11.3 Å². The molecule has 1 amide bonds. The number of thiophene rings is 1. The van der Waals surface area contributed by atoms with Gasteiger partial charge < -0.3 is 10.7 Å². The molecule has 1 unspecified atom stereocenters. The van der Waals surface area contributed by atoms with E-state index in [1.54, 1.807) is 29.7 Å². The molecule has 0 spiro atoms. The molecule has 20 heavy (non-hydrogen) atoms. The Morgan fingerprint density at radius 2 is 2.15 bits per heavy atom. The van der Waals surface area contributed by atoms with Crippen LogP contribution in [-0.4, -0.2) is 10.9 Å². The van der Waals surface area contributed by atoms with Crippen molar-refractivity contribution in [3.8, 4) is 0 Å². The van der Waals surface area contributed by atoms with Crippen molar-refractivity contribution in [3.05, 3.63) is 45.3 Å². The summed E-state index contributed by atoms with van der Waals surface area (Å²) in [5.41, 5.74) is 4.12. The minimum Gasteiger partial charge on any atom is -0.345 e. The number of rotatable bonds is 4. The Balaban J connectivity index is 2.12. The van der Waals surface area contributed by atoms with Crippen LogP contribution in [0.25, 0.3) is 0 Å². The van der Waals surface area contributed by atoms with Crippen LogP contribution in [-0.2, 0) is 0 Å². The lowest BCUT2D eigenvalue weighted by Crippen LogP contribution is -2.27. The summed E-state index contributed by atoms with van der Waals surface area (Å²) in [5.74, 6) is 5.62. The van der Waals surface area contributed by atoms with Crippen molar-refractivity contribution < 1.29 is 4.79 Å². The second kappa shape index (κ2) is 6.02. The first-order valence-corrected chi connectivity index (χ1v) is 7.13. The number of aryl methyl sites for hydroxylation is 2. The summed E-state index contributed by atoms with van der Waals surface area (Å²) in [5, 5.41) is 2.99. The second-order valence-electron chi connectivity index (χ2n) is 4.64. The Morgan fingerprint density at radius 3 is 2.75 bits per heavy atom. The summed E-state index contributed by atoms with van der Waals surface area (Å²) in [7, 11) is 0. The van der Waals surface area contributed by atoms with Gasteiger partial charge in [0.15, 0.2) is 0 Å². The highest BCUT2D eigenvalue weighted by Gasteiger charge is 2.15. The first-order valence-electron chi connectivity index (χ1n) is 6.31. The van der Waals surface area contributed by atoms with Gasteiger partial charge in [-0.3, -0.25) is 4.79 Å². The molecule has 1 atom stereocenters. The van der Waals surface area contributed by atoms with Crippen LogP contribution < -0.4 is 16.6 Å². The molecule has 2 aromatic heterocycles. The average molecular weight is 290 g/mol. The molecule has 0 aliphatic rings. The van der Waals surface area contributed by atoms with E-state index in [2.05, 4.69) is 35.6 Å². The van der Waals surface area contributed by atoms with Crippen molar-refractivity contribution in [1.29, 1.82) is 0 Å². The lowest BCUT2D eigenvalue weighted by atomic mass is 10.1. The molecular weight excluding hydrogens is 272 g/mol. The molecule has 4 N–H and O–H groups in total. The van der Waals surface area contributed by atoms with Crippen molar-refractivity contribution in [1.82, 2.24) is 10.3 Å². The molecule has 0 bridgehead atoms. The molecule has 6 heteroatoms. The topological polar surface area (TPSA) is 80.0 Å². The first kappa shape index (κ1) is 14.5. The number of carbonyl (C=O) groups excluding carboxylic acids is 1. The molecule has 0 aliphatic carbocycles. The van der Waals surface area contributed by atoms with Gasteiger partial charge in [0.05, 0.1) is 6.04 Å². The number of nitrogen functional groups attached to an aromatic ring is 1. The number of pyridine rings is 1. The first-order chi connectivity index (χ1) is 9.51. The highest BCUT2D eigenvalue weighted by molar-refractivity contribution is 7.12. The monoisotopic (exact) mass is 290 g/mol. The molecule has 0 aliphatic heterocycles. The van der Waals surface area contributed by atoms with Gasteiger partial charge in [0.25, 0.3) is 5.91 Å². The van der Waals surface area contributed by atoms with Crippen LogP contribution in [0.2, 0.25) is 0 Å². The Bertz CT molecular complexity index is 623. The Kier molecular flexibility index (Phi) is 4.36. The van der Waals surface area contributed by atoms with Crippen molar-refractivity contribution in [3.63, 3.8) is 0 Å². The van der Waals surface area contributed by atoms with Gasteiger partial charge >= 0.3 is 0 Å². The minimum atomic E-state index is -0.139. The van der Waals surface area contributed by atoms with E-state index in [0.717, 1.165) is 5.56 Å². The summed E-state index contributed by atoms with van der Waals surface area (Å²) in [4.78, 5) is 18.7. The van der Waals surface area contributed by atoms with Crippen molar-refractivity contribution in [2.24, 2.45) is 5.84 Å². The predicted octanol–water partition coefficient (Wildman–Crippen LogP) is 2.54. The van der Waals surface area contributed by atoms with Gasteiger partial charge in [-0.05, 0) is 44.5 Å². The van der Waals surface area contributed by atoms with Crippen molar-refractivity contribution in [2.45, 2.75) is 26.8 Å². The number of amides is 1. The summed E-state index contributed by atoms with van der Waals surface area (Å²) >= 11 is 1.74. The van der Waals surface area contributed by atoms with Crippen molar-refractivity contribution in [2.75, 3.05) is 5.43 Å². The molecule has 0 saturated carbocycles. The Morgan fingerprint density at radius 1 is 1.40 bits per heavy atom. The van der Waals surface area contributed by atoms with Gasteiger partial charge in [0, 0.05) is 21.5 Å². The number of aromatic nitrogens is 1. The van der Waals surface area contributed by atoms with E-state index >= 15 is 0 Å². The van der Waals surface area contributed by atoms with Gasteiger partial charge in [0.2, 0.25) is 0 Å². The highest BCUT2D eigenvalue weighted by Crippen LogP contribution is 2.26. The van der Waals surface area contributed by atoms with E-state index in [4.69, 9.17) is 5.84 Å². The van der Waals surface area contributed by atoms with Gasteiger partial charge in [0.1, 0.15) is 5.82 Å². The maximum absolute atomic E-state index is 12.2. The largest absolute Gasteiger partial charge is 0.345 e. The number of hydrogen-bond donors (Lipinski definition) is 3. The molecule has 2 aromatic rings.